The van der Waals surface area contributed by atoms with Crippen LogP contribution in [-0.2, 0) is 0 Å². The predicted molar refractivity (Wildman–Crippen MR) is 452 cm³/mol. The van der Waals surface area contributed by atoms with E-state index in [4.69, 9.17) is 9.97 Å². The van der Waals surface area contributed by atoms with Gasteiger partial charge >= 0.3 is 0 Å². The maximum atomic E-state index is 4.98. The average Bonchev–Trinajstić information content (AvgIpc) is 1.72. The zero-order chi connectivity index (χ0) is 70.0. The molecule has 0 amide bonds. The number of benzene rings is 16. The molecule has 4 heterocycles. The van der Waals surface area contributed by atoms with Gasteiger partial charge in [0.15, 0.2) is 0 Å². The fourth-order valence-corrected chi connectivity index (χ4v) is 16.0. The summed E-state index contributed by atoms with van der Waals surface area (Å²) in [5.74, 6) is 0. The van der Waals surface area contributed by atoms with Crippen LogP contribution < -0.4 is 10.2 Å². The molecular formula is C98H67IN6. The summed E-state index contributed by atoms with van der Waals surface area (Å²) in [6.07, 6.45) is 3.78. The van der Waals surface area contributed by atoms with Crippen LogP contribution in [0.15, 0.2) is 401 Å². The molecule has 6 nitrogen and oxygen atoms in total. The Bertz CT molecular complexity index is 6370. The third-order valence-corrected chi connectivity index (χ3v) is 20.6. The minimum Gasteiger partial charge on any atom is -0.356 e. The van der Waals surface area contributed by atoms with E-state index in [0.717, 1.165) is 72.9 Å². The first-order valence-electron chi connectivity index (χ1n) is 35.5. The number of hydrogen-bond donors (Lipinski definition) is 1. The summed E-state index contributed by atoms with van der Waals surface area (Å²) in [4.78, 5) is 12.1. The number of halogens is 1. The van der Waals surface area contributed by atoms with Crippen LogP contribution in [0.3, 0.4) is 0 Å². The van der Waals surface area contributed by atoms with Gasteiger partial charge in [-0.15, -0.1) is 0 Å². The van der Waals surface area contributed by atoms with Crippen molar-refractivity contribution in [3.05, 3.63) is 404 Å². The molecule has 7 heteroatoms. The van der Waals surface area contributed by atoms with Crippen molar-refractivity contribution >= 4 is 138 Å². The van der Waals surface area contributed by atoms with Crippen LogP contribution in [0.25, 0.3) is 143 Å². The summed E-state index contributed by atoms with van der Waals surface area (Å²) in [6, 6.07) is 138. The second-order valence-corrected chi connectivity index (χ2v) is 27.4. The van der Waals surface area contributed by atoms with Gasteiger partial charge in [-0.3, -0.25) is 9.13 Å². The van der Waals surface area contributed by atoms with Gasteiger partial charge in [-0.25, -0.2) is 9.97 Å². The lowest BCUT2D eigenvalue weighted by atomic mass is 9.86. The minimum atomic E-state index is 0.937. The minimum absolute atomic E-state index is 0.937. The monoisotopic (exact) mass is 1450 g/mol. The second kappa shape index (κ2) is 28.3. The quantitative estimate of drug-likeness (QED) is 0.104. The molecule has 0 saturated heterocycles. The van der Waals surface area contributed by atoms with Crippen molar-refractivity contribution in [1.82, 2.24) is 19.1 Å². The van der Waals surface area contributed by atoms with Crippen LogP contribution in [0.5, 0.6) is 0 Å². The summed E-state index contributed by atoms with van der Waals surface area (Å²) >= 11 is 2.38. The van der Waals surface area contributed by atoms with E-state index in [1.165, 1.54) is 102 Å². The Morgan fingerprint density at radius 1 is 0.238 bits per heavy atom. The summed E-state index contributed by atoms with van der Waals surface area (Å²) in [7, 11) is 0. The van der Waals surface area contributed by atoms with Crippen molar-refractivity contribution < 1.29 is 0 Å². The molecule has 0 atom stereocenters. The van der Waals surface area contributed by atoms with Crippen LogP contribution >= 0.6 is 22.6 Å². The van der Waals surface area contributed by atoms with Crippen LogP contribution in [-0.4, -0.2) is 19.1 Å². The van der Waals surface area contributed by atoms with E-state index < -0.39 is 0 Å². The largest absolute Gasteiger partial charge is 0.356 e. The molecule has 20 rings (SSSR count). The van der Waals surface area contributed by atoms with Crippen molar-refractivity contribution in [3.63, 3.8) is 0 Å². The number of para-hydroxylation sites is 4. The molecule has 0 aliphatic heterocycles. The molecule has 16 aromatic carbocycles. The molecular weight excluding hydrogens is 1390 g/mol. The van der Waals surface area contributed by atoms with Gasteiger partial charge in [0.1, 0.15) is 11.3 Å². The van der Waals surface area contributed by atoms with Crippen molar-refractivity contribution in [1.29, 1.82) is 0 Å². The van der Waals surface area contributed by atoms with Crippen LogP contribution in [0.2, 0.25) is 0 Å². The molecule has 0 spiro atoms. The highest BCUT2D eigenvalue weighted by Crippen LogP contribution is 2.48. The van der Waals surface area contributed by atoms with Gasteiger partial charge in [0.05, 0.1) is 11.0 Å². The summed E-state index contributed by atoms with van der Waals surface area (Å²) in [5.41, 5.74) is 21.9. The highest BCUT2D eigenvalue weighted by Gasteiger charge is 2.23. The standard InChI is InChI=1S/C49H33N3.C37H23IN2.C12H11N/c1-4-16-34(17-5-1)47-40-24-10-12-26-42(40)48(43-27-13-11-25-41(43)47)35-29-30-46-45(32-35)44-28-15-31-50-49(44)52(46)39-23-14-22-38(33-39)51(36-18-6-2-7-19-36)37-20-8-3-9-21-37;38-26-12-8-13-27(23-26)40-34-20-19-25(22-33(34)32-18-9-21-39-37(32)40)36-30-16-6-4-14-28(30)35(24-10-2-1-3-11-24)29-15-5-7-17-31(29)36;1-3-7-11(8-4-1)13-12-9-5-2-6-10-12/h1-33H;1-23H;1-10,13H. The summed E-state index contributed by atoms with van der Waals surface area (Å²) < 4.78 is 5.79. The number of hydrogen-bond acceptors (Lipinski definition) is 4. The first-order valence-corrected chi connectivity index (χ1v) is 36.5. The summed E-state index contributed by atoms with van der Waals surface area (Å²) in [5, 5.41) is 18.0. The van der Waals surface area contributed by atoms with Gasteiger partial charge in [-0.1, -0.05) is 255 Å². The molecule has 0 bridgehead atoms. The molecule has 4 aromatic heterocycles. The van der Waals surface area contributed by atoms with Crippen LogP contribution in [0.1, 0.15) is 0 Å². The molecule has 0 fully saturated rings. The van der Waals surface area contributed by atoms with E-state index in [2.05, 4.69) is 357 Å². The van der Waals surface area contributed by atoms with Gasteiger partial charge in [0.25, 0.3) is 0 Å². The number of nitrogens with one attached hydrogen (secondary N) is 1. The topological polar surface area (TPSA) is 50.9 Å². The van der Waals surface area contributed by atoms with Gasteiger partial charge in [0, 0.05) is 77.3 Å². The third kappa shape index (κ3) is 12.1. The van der Waals surface area contributed by atoms with Crippen LogP contribution in [0.4, 0.5) is 28.4 Å². The molecule has 105 heavy (non-hydrogen) atoms. The van der Waals surface area contributed by atoms with Crippen molar-refractivity contribution in [2.75, 3.05) is 10.2 Å². The Kier molecular flexibility index (Phi) is 17.2. The summed E-state index contributed by atoms with van der Waals surface area (Å²) in [6.45, 7) is 0. The van der Waals surface area contributed by atoms with E-state index in [0.29, 0.717) is 0 Å². The van der Waals surface area contributed by atoms with E-state index in [1.807, 2.05) is 85.2 Å². The zero-order valence-corrected chi connectivity index (χ0v) is 59.4. The fourth-order valence-electron chi connectivity index (χ4n) is 15.4. The smallest absolute Gasteiger partial charge is 0.145 e. The highest BCUT2D eigenvalue weighted by atomic mass is 127. The molecule has 1 N–H and O–H groups in total. The molecule has 20 aromatic rings. The van der Waals surface area contributed by atoms with Crippen molar-refractivity contribution in [3.8, 4) is 55.9 Å². The predicted octanol–water partition coefficient (Wildman–Crippen LogP) is 27.1. The Morgan fingerprint density at radius 2 is 0.552 bits per heavy atom. The molecule has 0 aliphatic carbocycles. The Balaban J connectivity index is 0.000000130. The number of anilines is 5. The van der Waals surface area contributed by atoms with Gasteiger partial charge < -0.3 is 10.2 Å². The van der Waals surface area contributed by atoms with E-state index in [-0.39, 0.29) is 0 Å². The number of rotatable bonds is 11. The van der Waals surface area contributed by atoms with Crippen molar-refractivity contribution in [2.24, 2.45) is 0 Å². The number of aromatic nitrogens is 4. The molecule has 0 aliphatic rings. The number of pyridine rings is 2. The van der Waals surface area contributed by atoms with Crippen molar-refractivity contribution in [2.45, 2.75) is 0 Å². The Hall–Kier alpha value is -13.2. The lowest BCUT2D eigenvalue weighted by Gasteiger charge is -2.26. The number of fused-ring (bicyclic) bond motifs is 10. The molecule has 496 valence electrons. The fraction of sp³-hybridized carbons (Fsp3) is 0. The lowest BCUT2D eigenvalue weighted by molar-refractivity contribution is 1.13. The van der Waals surface area contributed by atoms with E-state index in [9.17, 15) is 0 Å². The molecule has 0 unspecified atom stereocenters. The van der Waals surface area contributed by atoms with Gasteiger partial charge in [0.2, 0.25) is 0 Å². The zero-order valence-electron chi connectivity index (χ0n) is 57.2. The van der Waals surface area contributed by atoms with E-state index in [1.54, 1.807) is 0 Å². The number of nitrogens with zero attached hydrogens (tertiary/aromatic N) is 5. The third-order valence-electron chi connectivity index (χ3n) is 19.9. The van der Waals surface area contributed by atoms with Crippen LogP contribution in [0, 0.1) is 3.57 Å². The Morgan fingerprint density at radius 3 is 0.933 bits per heavy atom. The van der Waals surface area contributed by atoms with Gasteiger partial charge in [-0.05, 0) is 244 Å². The SMILES string of the molecule is Ic1cccc(-n2c3ccc(-c4c5ccccc5c(-c5ccccc5)c5ccccc45)cc3c3cccnc32)c1.c1ccc(-c2c3ccccc3c(-c3ccc4c(c3)c3cccnc3n4-c3cccc(N(c4ccccc4)c4ccccc4)c3)c3ccccc23)cc1.c1ccc(Nc2ccccc2)cc1. The van der Waals surface area contributed by atoms with Gasteiger partial charge in [-0.2, -0.15) is 0 Å². The first kappa shape index (κ1) is 63.9. The average molecular weight is 1460 g/mol. The normalized spacial score (nSPS) is 11.3. The second-order valence-electron chi connectivity index (χ2n) is 26.2. The maximum Gasteiger partial charge on any atom is 0.145 e. The Labute approximate surface area is 622 Å². The first-order chi connectivity index (χ1) is 52.1. The molecule has 0 radical (unpaired) electrons. The molecule has 0 saturated carbocycles. The maximum absolute atomic E-state index is 4.98. The van der Waals surface area contributed by atoms with E-state index >= 15 is 0 Å². The highest BCUT2D eigenvalue weighted by molar-refractivity contribution is 14.1. The lowest BCUT2D eigenvalue weighted by Crippen LogP contribution is -2.10.